The number of aromatic amines is 1. The van der Waals surface area contributed by atoms with E-state index in [-0.39, 0.29) is 113 Å². The summed E-state index contributed by atoms with van der Waals surface area (Å²) in [4.78, 5) is 196. The second-order valence-electron chi connectivity index (χ2n) is 36.1. The number of carboxylic acid groups (broad SMARTS) is 2. The molecular weight excluding hydrogens is 2090 g/mol. The van der Waals surface area contributed by atoms with E-state index in [1.54, 1.807) is 88.7 Å². The fraction of sp³-hybridized carbons (Fsp3) is 0.515. The number of aliphatic carboxylic acids is 2. The standard InChI is InChI=1S/C40H33N3O3.C17H27FO5.C16H25FO6.C16H27FO4.C11H18FNO4.CH4.H2O.3P2S2/c44-38(40(28-14-4-1-5-15-28,29-16-6-2-7-17-29)30-18-8-3-9-19-30)37(24-31-25-41-27-42-31)43-39(45)46-26-36-34-22-12-10-20-32(34)33-21-11-13-23-35(33)36;1-10(9-11(2)19)16(22)15(18)13(12(3)20)7-8-14(21)23-17(4,5)6;1-9(8-10(2)18)14(20)13(17)11(15(21)22)6-7-12(19)23-16(3,4)5;1-7-10(2)15(20)14(17)12(11(3)18)8-9-13(19)21-16(4,5)6;1-6(13-3)11(17)10(12)8(7(2)14)4-5-9(15)16;;;3*3-1-2-4/h1-23,25,27,36-37H,24,26H2,(H,41,42)(H,43,45);10,13,15H,7-9H2,1-6H3;9,11,13H,6-8H2,1-5H3,(H,21,22);10,12,14H,7-9H2,1-6H3;6,8,10,13H,4-5H2,1-3H3,(H,15,16);1H4;1H2;;;/t37-;10-,13+,15+;9-,11-,13+;10-,12+,14+;6-,8-,10-;;;;;/m01110...../s1. The Morgan fingerprint density at radius 3 is 1.04 bits per heavy atom. The van der Waals surface area contributed by atoms with Crippen molar-refractivity contribution >= 4 is 207 Å². The highest BCUT2D eigenvalue weighted by Gasteiger charge is 2.48. The molecule has 13 atom stereocenters. The largest absolute Gasteiger partial charge is 0.481 e. The van der Waals surface area contributed by atoms with Crippen LogP contribution in [-0.2, 0) is 174 Å². The summed E-state index contributed by atoms with van der Waals surface area (Å²) in [6.07, 6.45) is -6.39. The number of aromatic nitrogens is 2. The minimum Gasteiger partial charge on any atom is -0.481 e. The van der Waals surface area contributed by atoms with Crippen LogP contribution < -0.4 is 10.6 Å². The first-order valence-electron chi connectivity index (χ1n) is 45.1. The van der Waals surface area contributed by atoms with E-state index in [9.17, 15) is 89.5 Å². The highest BCUT2D eigenvalue weighted by molar-refractivity contribution is 8.41. The van der Waals surface area contributed by atoms with Crippen LogP contribution in [0, 0.1) is 41.4 Å². The Kier molecular flexibility index (Phi) is 70.4. The molecule has 1 aliphatic carbocycles. The van der Waals surface area contributed by atoms with E-state index in [1.807, 2.05) is 115 Å². The monoisotopic (exact) mass is 2230 g/mol. The number of esters is 3. The quantitative estimate of drug-likeness (QED) is 0.00779. The number of rotatable bonds is 47. The zero-order chi connectivity index (χ0) is 109. The first-order valence-corrected chi connectivity index (χ1v) is 58.7. The average Bonchev–Trinajstić information content (AvgIpc) is 1.66. The lowest BCUT2D eigenvalue weighted by Crippen LogP contribution is -2.52. The third-order valence-electron chi connectivity index (χ3n) is 21.4. The topological polar surface area (TPSA) is 435 Å². The molecule has 0 fully saturated rings. The van der Waals surface area contributed by atoms with Gasteiger partial charge in [-0.1, -0.05) is 175 Å². The Bertz CT molecular complexity index is 4910. The number of carbonyl (C=O) groups is 16. The van der Waals surface area contributed by atoms with Crippen molar-refractivity contribution in [3.05, 3.63) is 186 Å². The molecule has 0 saturated carbocycles. The van der Waals surface area contributed by atoms with Crippen molar-refractivity contribution in [2.75, 3.05) is 13.7 Å². The molecule has 7 rings (SSSR count). The van der Waals surface area contributed by atoms with Crippen LogP contribution in [-0.4, -0.2) is 187 Å². The van der Waals surface area contributed by atoms with Crippen molar-refractivity contribution in [3.8, 4) is 11.1 Å². The molecule has 0 spiro atoms. The molecule has 1 aliphatic rings. The zero-order valence-electron chi connectivity index (χ0n) is 83.9. The number of hydrogen-bond donors (Lipinski definition) is 5. The Morgan fingerprint density at radius 2 is 0.757 bits per heavy atom. The summed E-state index contributed by atoms with van der Waals surface area (Å²) in [5.41, 5.74) is 4.46. The lowest BCUT2D eigenvalue weighted by atomic mass is 9.64. The number of alkyl carbamates (subject to hydrolysis) is 1. The zero-order valence-corrected chi connectivity index (χ0v) is 94.1. The number of benzene rings is 5. The Hall–Kier alpha value is -8.61. The van der Waals surface area contributed by atoms with Crippen LogP contribution in [0.3, 0.4) is 0 Å². The number of Topliss-reactive ketones (excluding diaryl/α,β-unsaturated/α-hetero) is 10. The molecule has 792 valence electrons. The van der Waals surface area contributed by atoms with Crippen molar-refractivity contribution in [1.82, 2.24) is 20.6 Å². The van der Waals surface area contributed by atoms with Crippen LogP contribution in [0.25, 0.3) is 11.1 Å². The van der Waals surface area contributed by atoms with Crippen molar-refractivity contribution < 1.29 is 129 Å². The maximum absolute atomic E-state index is 15.3. The summed E-state index contributed by atoms with van der Waals surface area (Å²) in [5, 5.41) is 23.1. The number of halogens is 4. The van der Waals surface area contributed by atoms with Crippen molar-refractivity contribution in [3.63, 3.8) is 0 Å². The molecule has 6 aromatic rings. The predicted molar refractivity (Wildman–Crippen MR) is 577 cm³/mol. The molecule has 5 aromatic carbocycles. The van der Waals surface area contributed by atoms with Gasteiger partial charge in [0.1, 0.15) is 57.7 Å². The van der Waals surface area contributed by atoms with E-state index in [4.69, 9.17) is 29.2 Å². The SMILES string of the molecule is C.CC(=O)C[C@@H](C)C(=O)[C@@H](F)[C@@H](CCC(=O)OC(C)(C)C)C(=O)O.CC(=O)C[C@@H](C)C(=O)[C@@H](F)[C@@H](CCC(=O)OC(C)(C)C)C(C)=O.CC[C@@H](C)C(=O)[C@@H](F)[C@@H](CCC(=O)OC(C)(C)C)C(C)=O.CN[C@@H](C)C(=O)[C@@H](F)[C@@H](CCC(=O)O)C(C)=O.O.O=C(N[C@@H](Cc1cnc[nH]1)C(=O)C(c1ccccc1)(c1ccccc1)c1ccccc1)OCC1c2ccccc2-c2ccccc21.S=PP=S.S=PP=S.S=PP=S. The molecule has 43 heteroatoms. The summed E-state index contributed by atoms with van der Waals surface area (Å²) < 4.78 is 77.8. The summed E-state index contributed by atoms with van der Waals surface area (Å²) >= 11 is 26.5. The Labute approximate surface area is 882 Å². The van der Waals surface area contributed by atoms with Gasteiger partial charge < -0.3 is 59.8 Å². The number of ketones is 10. The summed E-state index contributed by atoms with van der Waals surface area (Å²) in [6.45, 7) is 29.4. The van der Waals surface area contributed by atoms with Crippen LogP contribution in [0.4, 0.5) is 22.4 Å². The van der Waals surface area contributed by atoms with Crippen molar-refractivity contribution in [2.45, 2.75) is 281 Å². The van der Waals surface area contributed by atoms with Gasteiger partial charge in [-0.2, -0.15) is 0 Å². The normalized spacial score (nSPS) is 14.0. The van der Waals surface area contributed by atoms with E-state index in [0.717, 1.165) is 93.8 Å². The molecule has 0 unspecified atom stereocenters. The van der Waals surface area contributed by atoms with Crippen LogP contribution in [0.5, 0.6) is 0 Å². The molecule has 0 saturated heterocycles. The lowest BCUT2D eigenvalue weighted by Gasteiger charge is -2.37. The van der Waals surface area contributed by atoms with Crippen LogP contribution in [0.15, 0.2) is 152 Å². The minimum absolute atomic E-state index is 0. The molecule has 1 aromatic heterocycles. The number of H-pyrrole nitrogens is 1. The molecule has 7 N–H and O–H groups in total. The number of amides is 1. The van der Waals surface area contributed by atoms with Gasteiger partial charge in [-0.25, -0.2) is 27.3 Å². The van der Waals surface area contributed by atoms with Gasteiger partial charge in [-0.3, -0.25) is 62.3 Å². The number of ether oxygens (including phenoxy) is 4. The second-order valence-corrected chi connectivity index (χ2v) is 48.8. The number of nitrogens with one attached hydrogen (secondary N) is 3. The van der Waals surface area contributed by atoms with Crippen LogP contribution in [0.1, 0.15) is 249 Å². The number of likely N-dealkylation sites (N-methyl/N-ethyl adjacent to an activating group) is 1. The molecular formula is C101H136F4N4O23P6S6. The summed E-state index contributed by atoms with van der Waals surface area (Å²) in [6, 6.07) is 44.0. The van der Waals surface area contributed by atoms with Crippen LogP contribution in [0.2, 0.25) is 0 Å². The van der Waals surface area contributed by atoms with Gasteiger partial charge in [0.25, 0.3) is 0 Å². The maximum atomic E-state index is 15.3. The average molecular weight is 2230 g/mol. The smallest absolute Gasteiger partial charge is 0.407 e. The van der Waals surface area contributed by atoms with E-state index >= 15 is 4.79 Å². The van der Waals surface area contributed by atoms with Crippen molar-refractivity contribution in [2.24, 2.45) is 41.4 Å². The minimum atomic E-state index is -2.26. The van der Waals surface area contributed by atoms with Gasteiger partial charge in [-0.15, -0.1) is 0 Å². The van der Waals surface area contributed by atoms with E-state index in [2.05, 4.69) is 116 Å². The van der Waals surface area contributed by atoms with Gasteiger partial charge in [0.05, 0.1) is 42.1 Å². The molecule has 0 bridgehead atoms. The van der Waals surface area contributed by atoms with Gasteiger partial charge in [-0.05, 0) is 253 Å². The predicted octanol–water partition coefficient (Wildman–Crippen LogP) is 21.4. The number of fused-ring (bicyclic) bond motifs is 3. The van der Waals surface area contributed by atoms with E-state index in [1.165, 1.54) is 55.5 Å². The first kappa shape index (κ1) is 140. The van der Waals surface area contributed by atoms with E-state index < -0.39 is 177 Å². The molecule has 27 nitrogen and oxygen atoms in total. The first-order chi connectivity index (χ1) is 66.4. The van der Waals surface area contributed by atoms with Gasteiger partial charge >= 0.3 is 35.9 Å². The third-order valence-corrected chi connectivity index (χ3v) is 29.4. The fourth-order valence-electron chi connectivity index (χ4n) is 14.5. The lowest BCUT2D eigenvalue weighted by molar-refractivity contribution is -0.157. The number of alkyl halides is 4. The molecule has 0 aliphatic heterocycles. The highest BCUT2D eigenvalue weighted by atomic mass is 32.7. The Morgan fingerprint density at radius 1 is 0.451 bits per heavy atom. The van der Waals surface area contributed by atoms with E-state index in [0.29, 0.717) is 6.42 Å². The van der Waals surface area contributed by atoms with Gasteiger partial charge in [0.2, 0.25) is 0 Å². The number of carbonyl (C=O) groups excluding carboxylic acids is 14. The second kappa shape index (κ2) is 72.7. The van der Waals surface area contributed by atoms with Crippen LogP contribution >= 0.6 is 42.3 Å². The van der Waals surface area contributed by atoms with Gasteiger partial charge in [0, 0.05) is 123 Å². The maximum Gasteiger partial charge on any atom is 0.407 e. The molecule has 0 radical (unpaired) electrons. The summed E-state index contributed by atoms with van der Waals surface area (Å²) in [7, 11) is 6.72. The number of imidazole rings is 1. The summed E-state index contributed by atoms with van der Waals surface area (Å²) in [5.74, 6) is -16.7. The molecule has 144 heavy (non-hydrogen) atoms. The third kappa shape index (κ3) is 52.3. The molecule has 1 amide bonds. The number of nitrogens with zero attached hydrogens (tertiary/aromatic N) is 1. The number of hydrogen-bond acceptors (Lipinski definition) is 28. The Balaban J connectivity index is -0.00000176. The fourth-order valence-corrected chi connectivity index (χ4v) is 14.5. The number of carboxylic acids is 2. The van der Waals surface area contributed by atoms with Crippen molar-refractivity contribution in [1.29, 1.82) is 0 Å². The van der Waals surface area contributed by atoms with Gasteiger partial charge in [0.15, 0.2) is 53.6 Å². The highest BCUT2D eigenvalue weighted by Crippen LogP contribution is 2.46. The molecule has 1 heterocycles.